The Hall–Kier alpha value is -3.60. The van der Waals surface area contributed by atoms with Crippen molar-refractivity contribution in [1.82, 2.24) is 10.6 Å². The lowest BCUT2D eigenvalue weighted by Gasteiger charge is -2.27. The number of unbranched alkanes of at least 4 members (excludes halogenated alkanes) is 1. The van der Waals surface area contributed by atoms with Gasteiger partial charge in [0.05, 0.1) is 12.7 Å². The second-order valence-corrected chi connectivity index (χ2v) is 10.3. The lowest BCUT2D eigenvalue weighted by atomic mass is 9.86. The average molecular weight is 506 g/mol. The van der Waals surface area contributed by atoms with Crippen molar-refractivity contribution in [1.29, 1.82) is 5.26 Å². The van der Waals surface area contributed by atoms with Crippen molar-refractivity contribution in [2.75, 3.05) is 13.2 Å². The van der Waals surface area contributed by atoms with Gasteiger partial charge in [0.2, 0.25) is 5.91 Å². The van der Waals surface area contributed by atoms with Crippen LogP contribution >= 0.6 is 0 Å². The lowest BCUT2D eigenvalue weighted by Crippen LogP contribution is -2.31. The van der Waals surface area contributed by atoms with E-state index >= 15 is 0 Å². The van der Waals surface area contributed by atoms with E-state index in [9.17, 15) is 19.6 Å². The van der Waals surface area contributed by atoms with E-state index in [1.165, 1.54) is 0 Å². The lowest BCUT2D eigenvalue weighted by molar-refractivity contribution is -0.137. The van der Waals surface area contributed by atoms with Crippen LogP contribution in [0.1, 0.15) is 80.6 Å². The van der Waals surface area contributed by atoms with E-state index in [0.29, 0.717) is 74.4 Å². The maximum Gasteiger partial charge on any atom is 0.303 e. The monoisotopic (exact) mass is 505 g/mol. The second kappa shape index (κ2) is 11.6. The van der Waals surface area contributed by atoms with Gasteiger partial charge in [-0.2, -0.15) is 5.26 Å². The molecule has 2 saturated carbocycles. The molecule has 0 bridgehead atoms. The molecule has 2 atom stereocenters. The number of fused-ring (bicyclic) bond motifs is 2. The molecule has 8 nitrogen and oxygen atoms in total. The molecule has 0 aromatic heterocycles. The molecule has 0 saturated heterocycles. The number of benzene rings is 1. The molecule has 4 rings (SSSR count). The Morgan fingerprint density at radius 2 is 2.03 bits per heavy atom. The maximum absolute atomic E-state index is 13.4. The zero-order chi connectivity index (χ0) is 26.4. The van der Waals surface area contributed by atoms with Crippen molar-refractivity contribution in [3.8, 4) is 11.8 Å². The maximum atomic E-state index is 13.4. The number of amides is 2. The molecule has 1 aromatic carbocycles. The minimum Gasteiger partial charge on any atom is -0.493 e. The summed E-state index contributed by atoms with van der Waals surface area (Å²) in [5.41, 5.74) is 2.22. The average Bonchev–Trinajstić information content (AvgIpc) is 3.81. The first kappa shape index (κ1) is 26.5. The first-order valence-electron chi connectivity index (χ1n) is 13.2. The number of hydrogen-bond donors (Lipinski definition) is 3. The minimum absolute atomic E-state index is 0.0657. The molecule has 1 spiro atoms. The van der Waals surface area contributed by atoms with Crippen molar-refractivity contribution < 1.29 is 24.2 Å². The summed E-state index contributed by atoms with van der Waals surface area (Å²) in [6, 6.07) is 7.64. The van der Waals surface area contributed by atoms with Gasteiger partial charge in [-0.1, -0.05) is 13.0 Å². The van der Waals surface area contributed by atoms with E-state index in [0.717, 1.165) is 24.2 Å². The molecule has 3 aliphatic rings. The first-order valence-corrected chi connectivity index (χ1v) is 13.2. The van der Waals surface area contributed by atoms with Crippen molar-refractivity contribution in [2.45, 2.75) is 70.1 Å². The third kappa shape index (κ3) is 6.59. The topological polar surface area (TPSA) is 129 Å². The Bertz CT molecular complexity index is 1160. The summed E-state index contributed by atoms with van der Waals surface area (Å²) in [5, 5.41) is 24.4. The van der Waals surface area contributed by atoms with E-state index in [1.54, 1.807) is 18.2 Å². The summed E-state index contributed by atoms with van der Waals surface area (Å²) in [7, 11) is 0. The summed E-state index contributed by atoms with van der Waals surface area (Å²) in [6.07, 6.45) is 9.51. The molecule has 2 amide bonds. The SMILES string of the molecule is CC/C=C(C#N)\C=C(/CCCCC(=O)O)NC(=O)C1CC12CCOc1ccc(C(=O)NCC3CC3)cc12. The number of allylic oxidation sites excluding steroid dienone is 4. The van der Waals surface area contributed by atoms with Crippen LogP contribution in [-0.2, 0) is 15.0 Å². The highest BCUT2D eigenvalue weighted by atomic mass is 16.5. The number of aliphatic carboxylic acids is 1. The number of ether oxygens (including phenoxy) is 1. The highest BCUT2D eigenvalue weighted by molar-refractivity contribution is 5.95. The number of nitriles is 1. The second-order valence-electron chi connectivity index (χ2n) is 10.3. The minimum atomic E-state index is -0.850. The van der Waals surface area contributed by atoms with Crippen LogP contribution in [0, 0.1) is 23.2 Å². The van der Waals surface area contributed by atoms with Crippen LogP contribution < -0.4 is 15.4 Å². The molecular weight excluding hydrogens is 470 g/mol. The van der Waals surface area contributed by atoms with Crippen LogP contribution in [0.25, 0.3) is 0 Å². The number of carboxylic acids is 1. The van der Waals surface area contributed by atoms with E-state index in [1.807, 2.05) is 19.1 Å². The van der Waals surface area contributed by atoms with Gasteiger partial charge in [-0.25, -0.2) is 0 Å². The predicted octanol–water partition coefficient (Wildman–Crippen LogP) is 4.37. The number of carbonyl (C=O) groups is 3. The Morgan fingerprint density at radius 3 is 2.73 bits per heavy atom. The van der Waals surface area contributed by atoms with Gasteiger partial charge < -0.3 is 20.5 Å². The normalized spacial score (nSPS) is 22.4. The molecule has 2 fully saturated rings. The van der Waals surface area contributed by atoms with Gasteiger partial charge in [-0.15, -0.1) is 0 Å². The van der Waals surface area contributed by atoms with Crippen LogP contribution in [0.15, 0.2) is 41.6 Å². The van der Waals surface area contributed by atoms with Gasteiger partial charge in [-0.3, -0.25) is 14.4 Å². The van der Waals surface area contributed by atoms with Gasteiger partial charge in [0.25, 0.3) is 5.91 Å². The third-order valence-electron chi connectivity index (χ3n) is 7.48. The van der Waals surface area contributed by atoms with Gasteiger partial charge in [0.15, 0.2) is 0 Å². The summed E-state index contributed by atoms with van der Waals surface area (Å²) in [6.45, 7) is 3.15. The standard InChI is InChI=1S/C29H35N3O5/c1-2-5-20(17-30)14-22(6-3-4-7-26(33)34)32-28(36)24-16-29(24)12-13-37-25-11-10-21(15-23(25)29)27(35)31-18-19-8-9-19/h5,10-11,14-15,19,24H,2-4,6-9,12-13,16,18H2,1H3,(H,31,35)(H,32,36)(H,33,34)/b20-5+,22-14+. The third-order valence-corrected chi connectivity index (χ3v) is 7.48. The molecular formula is C29H35N3O5. The van der Waals surface area contributed by atoms with Crippen molar-refractivity contribution >= 4 is 17.8 Å². The van der Waals surface area contributed by atoms with Crippen molar-refractivity contribution in [3.05, 3.63) is 52.7 Å². The number of nitrogens with zero attached hydrogens (tertiary/aromatic N) is 1. The molecule has 8 heteroatoms. The van der Waals surface area contributed by atoms with Crippen molar-refractivity contribution in [3.63, 3.8) is 0 Å². The quantitative estimate of drug-likeness (QED) is 0.220. The Labute approximate surface area is 217 Å². The fraction of sp³-hybridized carbons (Fsp3) is 0.517. The van der Waals surface area contributed by atoms with Gasteiger partial charge in [-0.05, 0) is 81.6 Å². The van der Waals surface area contributed by atoms with Gasteiger partial charge >= 0.3 is 5.97 Å². The van der Waals surface area contributed by atoms with Crippen LogP contribution in [0.2, 0.25) is 0 Å². The molecule has 37 heavy (non-hydrogen) atoms. The van der Waals surface area contributed by atoms with Gasteiger partial charge in [0, 0.05) is 46.7 Å². The molecule has 0 radical (unpaired) electrons. The fourth-order valence-electron chi connectivity index (χ4n) is 5.10. The molecule has 196 valence electrons. The first-order chi connectivity index (χ1) is 17.9. The summed E-state index contributed by atoms with van der Waals surface area (Å²) < 4.78 is 5.86. The van der Waals surface area contributed by atoms with Gasteiger partial charge in [0.1, 0.15) is 5.75 Å². The number of rotatable bonds is 12. The Balaban J connectivity index is 1.47. The molecule has 1 heterocycles. The zero-order valence-electron chi connectivity index (χ0n) is 21.3. The number of nitrogens with one attached hydrogen (secondary N) is 2. The Morgan fingerprint density at radius 1 is 1.24 bits per heavy atom. The van der Waals surface area contributed by atoms with E-state index in [4.69, 9.17) is 9.84 Å². The number of hydrogen-bond acceptors (Lipinski definition) is 5. The van der Waals surface area contributed by atoms with Crippen LogP contribution in [0.3, 0.4) is 0 Å². The highest BCUT2D eigenvalue weighted by Crippen LogP contribution is 2.61. The fourth-order valence-corrected chi connectivity index (χ4v) is 5.10. The molecule has 2 aliphatic carbocycles. The van der Waals surface area contributed by atoms with Crippen LogP contribution in [0.5, 0.6) is 5.75 Å². The predicted molar refractivity (Wildman–Crippen MR) is 138 cm³/mol. The van der Waals surface area contributed by atoms with Crippen molar-refractivity contribution in [2.24, 2.45) is 11.8 Å². The smallest absolute Gasteiger partial charge is 0.303 e. The van der Waals surface area contributed by atoms with E-state index in [-0.39, 0.29) is 29.6 Å². The number of carbonyl (C=O) groups excluding carboxylic acids is 2. The Kier molecular flexibility index (Phi) is 8.32. The largest absolute Gasteiger partial charge is 0.493 e. The van der Waals surface area contributed by atoms with Crippen LogP contribution in [0.4, 0.5) is 0 Å². The molecule has 1 aliphatic heterocycles. The molecule has 1 aromatic rings. The number of carboxylic acid groups (broad SMARTS) is 1. The van der Waals surface area contributed by atoms with E-state index in [2.05, 4.69) is 16.7 Å². The molecule has 3 N–H and O–H groups in total. The van der Waals surface area contributed by atoms with Crippen LogP contribution in [-0.4, -0.2) is 36.0 Å². The summed E-state index contributed by atoms with van der Waals surface area (Å²) in [5.74, 6) is -0.0137. The highest BCUT2D eigenvalue weighted by Gasteiger charge is 2.61. The summed E-state index contributed by atoms with van der Waals surface area (Å²) >= 11 is 0. The summed E-state index contributed by atoms with van der Waals surface area (Å²) in [4.78, 5) is 37.0. The molecule has 2 unspecified atom stereocenters. The zero-order valence-corrected chi connectivity index (χ0v) is 21.3. The van der Waals surface area contributed by atoms with E-state index < -0.39 is 5.97 Å².